The molecule has 0 fully saturated rings. The van der Waals surface area contributed by atoms with Crippen LogP contribution in [-0.2, 0) is 16.6 Å². The third-order valence-electron chi connectivity index (χ3n) is 2.75. The molecule has 0 aliphatic rings. The molecule has 0 aliphatic heterocycles. The van der Waals surface area contributed by atoms with E-state index in [0.717, 1.165) is 12.1 Å². The number of benzene rings is 1. The van der Waals surface area contributed by atoms with Crippen LogP contribution in [0.15, 0.2) is 41.4 Å². The SMILES string of the molecule is CNc1ccc(S(=O)(=O)NCc2ccc(F)c(F)c2)cn1. The Balaban J connectivity index is 2.11. The number of pyridine rings is 1. The van der Waals surface area contributed by atoms with Crippen molar-refractivity contribution in [3.05, 3.63) is 53.7 Å². The summed E-state index contributed by atoms with van der Waals surface area (Å²) in [4.78, 5) is 3.89. The van der Waals surface area contributed by atoms with Crippen molar-refractivity contribution in [3.8, 4) is 0 Å². The number of rotatable bonds is 5. The van der Waals surface area contributed by atoms with Gasteiger partial charge in [0.1, 0.15) is 10.7 Å². The standard InChI is InChI=1S/C13H13F2N3O2S/c1-16-13-5-3-10(8-17-13)21(19,20)18-7-9-2-4-11(14)12(15)6-9/h2-6,8,18H,7H2,1H3,(H,16,17). The van der Waals surface area contributed by atoms with Gasteiger partial charge in [0.05, 0.1) is 0 Å². The summed E-state index contributed by atoms with van der Waals surface area (Å²) in [6, 6.07) is 6.12. The Bertz CT molecular complexity index is 734. The summed E-state index contributed by atoms with van der Waals surface area (Å²) in [6.07, 6.45) is 1.21. The van der Waals surface area contributed by atoms with Crippen molar-refractivity contribution >= 4 is 15.8 Å². The van der Waals surface area contributed by atoms with Crippen molar-refractivity contribution in [1.82, 2.24) is 9.71 Å². The van der Waals surface area contributed by atoms with Gasteiger partial charge in [-0.2, -0.15) is 0 Å². The molecule has 1 aromatic heterocycles. The fraction of sp³-hybridized carbons (Fsp3) is 0.154. The van der Waals surface area contributed by atoms with E-state index in [0.29, 0.717) is 11.4 Å². The van der Waals surface area contributed by atoms with E-state index in [9.17, 15) is 17.2 Å². The van der Waals surface area contributed by atoms with Crippen molar-refractivity contribution in [2.75, 3.05) is 12.4 Å². The van der Waals surface area contributed by atoms with Gasteiger partial charge in [0, 0.05) is 19.8 Å². The molecule has 2 rings (SSSR count). The van der Waals surface area contributed by atoms with Gasteiger partial charge in [-0.3, -0.25) is 0 Å². The van der Waals surface area contributed by atoms with E-state index in [1.165, 1.54) is 24.4 Å². The number of halogens is 2. The topological polar surface area (TPSA) is 71.1 Å². The lowest BCUT2D eigenvalue weighted by atomic mass is 10.2. The van der Waals surface area contributed by atoms with Crippen LogP contribution in [0.1, 0.15) is 5.56 Å². The van der Waals surface area contributed by atoms with E-state index < -0.39 is 21.7 Å². The zero-order valence-corrected chi connectivity index (χ0v) is 11.9. The van der Waals surface area contributed by atoms with Crippen LogP contribution in [-0.4, -0.2) is 20.4 Å². The predicted molar refractivity (Wildman–Crippen MR) is 74.2 cm³/mol. The largest absolute Gasteiger partial charge is 0.373 e. The number of hydrogen-bond acceptors (Lipinski definition) is 4. The summed E-state index contributed by atoms with van der Waals surface area (Å²) < 4.78 is 52.2. The summed E-state index contributed by atoms with van der Waals surface area (Å²) in [7, 11) is -2.10. The Labute approximate surface area is 121 Å². The molecule has 5 nitrogen and oxygen atoms in total. The van der Waals surface area contributed by atoms with Gasteiger partial charge in [-0.25, -0.2) is 26.9 Å². The smallest absolute Gasteiger partial charge is 0.242 e. The molecule has 0 amide bonds. The molecule has 2 aromatic rings. The lowest BCUT2D eigenvalue weighted by Crippen LogP contribution is -2.23. The molecule has 8 heteroatoms. The average Bonchev–Trinajstić information content (AvgIpc) is 2.48. The normalized spacial score (nSPS) is 11.4. The maximum Gasteiger partial charge on any atom is 0.242 e. The van der Waals surface area contributed by atoms with Crippen LogP contribution in [0.2, 0.25) is 0 Å². The third kappa shape index (κ3) is 3.73. The molecule has 1 heterocycles. The van der Waals surface area contributed by atoms with Crippen molar-refractivity contribution < 1.29 is 17.2 Å². The van der Waals surface area contributed by atoms with Gasteiger partial charge in [-0.05, 0) is 29.8 Å². The van der Waals surface area contributed by atoms with Crippen LogP contribution >= 0.6 is 0 Å². The summed E-state index contributed by atoms with van der Waals surface area (Å²) in [5.41, 5.74) is 0.317. The molecule has 0 atom stereocenters. The van der Waals surface area contributed by atoms with Crippen molar-refractivity contribution in [2.24, 2.45) is 0 Å². The highest BCUT2D eigenvalue weighted by molar-refractivity contribution is 7.89. The number of sulfonamides is 1. The van der Waals surface area contributed by atoms with Gasteiger partial charge in [0.2, 0.25) is 10.0 Å². The third-order valence-corrected chi connectivity index (χ3v) is 4.14. The maximum absolute atomic E-state index is 13.0. The Kier molecular flexibility index (Phi) is 4.49. The molecule has 0 spiro atoms. The van der Waals surface area contributed by atoms with Crippen molar-refractivity contribution in [2.45, 2.75) is 11.4 Å². The predicted octanol–water partition coefficient (Wildman–Crippen LogP) is 1.88. The van der Waals surface area contributed by atoms with Crippen molar-refractivity contribution in [3.63, 3.8) is 0 Å². The van der Waals surface area contributed by atoms with E-state index in [1.54, 1.807) is 7.05 Å². The molecular weight excluding hydrogens is 300 g/mol. The molecule has 0 unspecified atom stereocenters. The highest BCUT2D eigenvalue weighted by Gasteiger charge is 2.14. The number of aromatic nitrogens is 1. The van der Waals surface area contributed by atoms with Crippen LogP contribution in [0, 0.1) is 11.6 Å². The summed E-state index contributed by atoms with van der Waals surface area (Å²) in [6.45, 7) is -0.146. The number of nitrogens with one attached hydrogen (secondary N) is 2. The summed E-state index contributed by atoms with van der Waals surface area (Å²) in [5, 5.41) is 2.77. The number of hydrogen-bond donors (Lipinski definition) is 2. The van der Waals surface area contributed by atoms with Gasteiger partial charge in [-0.15, -0.1) is 0 Å². The summed E-state index contributed by atoms with van der Waals surface area (Å²) in [5.74, 6) is -1.46. The molecule has 0 aliphatic carbocycles. The quantitative estimate of drug-likeness (QED) is 0.884. The highest BCUT2D eigenvalue weighted by Crippen LogP contribution is 2.12. The van der Waals surface area contributed by atoms with Gasteiger partial charge >= 0.3 is 0 Å². The molecular formula is C13H13F2N3O2S. The van der Waals surface area contributed by atoms with Gasteiger partial charge in [0.15, 0.2) is 11.6 Å². The van der Waals surface area contributed by atoms with Gasteiger partial charge < -0.3 is 5.32 Å². The zero-order valence-electron chi connectivity index (χ0n) is 11.1. The Morgan fingerprint density at radius 3 is 2.48 bits per heavy atom. The van der Waals surface area contributed by atoms with Crippen LogP contribution in [0.3, 0.4) is 0 Å². The fourth-order valence-electron chi connectivity index (χ4n) is 1.60. The second-order valence-electron chi connectivity index (χ2n) is 4.20. The first kappa shape index (κ1) is 15.3. The number of anilines is 1. The fourth-order valence-corrected chi connectivity index (χ4v) is 2.56. The van der Waals surface area contributed by atoms with Gasteiger partial charge in [-0.1, -0.05) is 6.07 Å². The average molecular weight is 313 g/mol. The highest BCUT2D eigenvalue weighted by atomic mass is 32.2. The molecule has 0 saturated heterocycles. The van der Waals surface area contributed by atoms with E-state index in [2.05, 4.69) is 15.0 Å². The molecule has 112 valence electrons. The zero-order chi connectivity index (χ0) is 15.5. The monoisotopic (exact) mass is 313 g/mol. The van der Waals surface area contributed by atoms with Crippen LogP contribution in [0.5, 0.6) is 0 Å². The molecule has 21 heavy (non-hydrogen) atoms. The van der Waals surface area contributed by atoms with Crippen molar-refractivity contribution in [1.29, 1.82) is 0 Å². The van der Waals surface area contributed by atoms with E-state index in [1.807, 2.05) is 0 Å². The summed E-state index contributed by atoms with van der Waals surface area (Å²) >= 11 is 0. The molecule has 0 saturated carbocycles. The minimum absolute atomic E-state index is 0.0101. The molecule has 0 radical (unpaired) electrons. The Morgan fingerprint density at radius 1 is 1.14 bits per heavy atom. The minimum atomic E-state index is -3.76. The number of nitrogens with zero attached hydrogens (tertiary/aromatic N) is 1. The Hall–Kier alpha value is -2.06. The molecule has 2 N–H and O–H groups in total. The van der Waals surface area contributed by atoms with E-state index >= 15 is 0 Å². The van der Waals surface area contributed by atoms with E-state index in [4.69, 9.17) is 0 Å². The second kappa shape index (κ2) is 6.15. The first-order valence-electron chi connectivity index (χ1n) is 6.00. The van der Waals surface area contributed by atoms with Gasteiger partial charge in [0.25, 0.3) is 0 Å². The molecule has 1 aromatic carbocycles. The van der Waals surface area contributed by atoms with Crippen LogP contribution < -0.4 is 10.0 Å². The van der Waals surface area contributed by atoms with Crippen LogP contribution in [0.4, 0.5) is 14.6 Å². The first-order valence-corrected chi connectivity index (χ1v) is 7.48. The lowest BCUT2D eigenvalue weighted by molar-refractivity contribution is 0.506. The Morgan fingerprint density at radius 2 is 1.90 bits per heavy atom. The molecule has 0 bridgehead atoms. The lowest BCUT2D eigenvalue weighted by Gasteiger charge is -2.07. The second-order valence-corrected chi connectivity index (χ2v) is 5.97. The van der Waals surface area contributed by atoms with Crippen LogP contribution in [0.25, 0.3) is 0 Å². The van der Waals surface area contributed by atoms with E-state index in [-0.39, 0.29) is 11.4 Å². The maximum atomic E-state index is 13.0. The first-order chi connectivity index (χ1) is 9.92. The minimum Gasteiger partial charge on any atom is -0.373 e.